The molecule has 0 fully saturated rings. The van der Waals surface area contributed by atoms with E-state index in [1.165, 1.54) is 11.3 Å². The number of halogens is 2. The van der Waals surface area contributed by atoms with Gasteiger partial charge in [-0.2, -0.15) is 0 Å². The van der Waals surface area contributed by atoms with Crippen LogP contribution in [0.4, 0.5) is 0 Å². The van der Waals surface area contributed by atoms with Crippen LogP contribution in [-0.4, -0.2) is 10.8 Å². The summed E-state index contributed by atoms with van der Waals surface area (Å²) >= 11 is 8.24. The van der Waals surface area contributed by atoms with Crippen molar-refractivity contribution in [1.29, 1.82) is 0 Å². The van der Waals surface area contributed by atoms with Gasteiger partial charge in [0.15, 0.2) is 5.78 Å². The number of nitrogens with zero attached hydrogens (tertiary/aromatic N) is 1. The molecule has 5 heteroatoms. The van der Waals surface area contributed by atoms with E-state index in [4.69, 9.17) is 0 Å². The molecule has 82 valence electrons. The summed E-state index contributed by atoms with van der Waals surface area (Å²) < 4.78 is 1.73. The molecule has 0 radical (unpaired) electrons. The van der Waals surface area contributed by atoms with E-state index in [-0.39, 0.29) is 5.78 Å². The minimum atomic E-state index is 0.0948. The van der Waals surface area contributed by atoms with E-state index in [9.17, 15) is 4.79 Å². The van der Waals surface area contributed by atoms with Crippen molar-refractivity contribution in [2.45, 2.75) is 6.42 Å². The molecule has 2 nitrogen and oxygen atoms in total. The zero-order chi connectivity index (χ0) is 11.5. The molecule has 0 bridgehead atoms. The first-order valence-corrected chi connectivity index (χ1v) is 6.99. The maximum Gasteiger partial charge on any atom is 0.169 e. The zero-order valence-electron chi connectivity index (χ0n) is 8.11. The summed E-state index contributed by atoms with van der Waals surface area (Å²) in [6.07, 6.45) is 2.13. The predicted octanol–water partition coefficient (Wildman–Crippen LogP) is 4.09. The van der Waals surface area contributed by atoms with Gasteiger partial charge in [0.25, 0.3) is 0 Å². The van der Waals surface area contributed by atoms with Gasteiger partial charge < -0.3 is 0 Å². The Morgan fingerprint density at radius 1 is 1.38 bits per heavy atom. The Hall–Kier alpha value is -0.520. The molecular formula is C11H7Br2NOS. The van der Waals surface area contributed by atoms with E-state index in [2.05, 4.69) is 36.8 Å². The number of carbonyl (C=O) groups excluding carboxylic acids is 1. The van der Waals surface area contributed by atoms with Gasteiger partial charge in [0, 0.05) is 32.0 Å². The number of aromatic nitrogens is 1. The first-order valence-electron chi connectivity index (χ1n) is 4.52. The topological polar surface area (TPSA) is 30.0 Å². The number of hydrogen-bond acceptors (Lipinski definition) is 3. The van der Waals surface area contributed by atoms with Crippen molar-refractivity contribution in [3.05, 3.63) is 49.3 Å². The fraction of sp³-hybridized carbons (Fsp3) is 0.0909. The number of thiazole rings is 1. The molecule has 1 aromatic heterocycles. The second kappa shape index (κ2) is 5.21. The fourth-order valence-corrected chi connectivity index (χ4v) is 2.72. The molecule has 0 N–H and O–H groups in total. The number of ketones is 1. The summed E-state index contributed by atoms with van der Waals surface area (Å²) in [5.41, 5.74) is 2.43. The number of carbonyl (C=O) groups is 1. The summed E-state index contributed by atoms with van der Waals surface area (Å²) in [5.74, 6) is 0.0948. The number of Topliss-reactive ketones (excluding diaryl/α,β-unsaturated/α-hetero) is 1. The van der Waals surface area contributed by atoms with Gasteiger partial charge in [-0.1, -0.05) is 31.9 Å². The van der Waals surface area contributed by atoms with Crippen LogP contribution >= 0.6 is 43.2 Å². The second-order valence-corrected chi connectivity index (χ2v) is 5.93. The molecule has 16 heavy (non-hydrogen) atoms. The SMILES string of the molecule is O=C(Cc1cncs1)c1cc(Br)ccc1Br. The van der Waals surface area contributed by atoms with E-state index in [1.54, 1.807) is 11.7 Å². The molecule has 1 heterocycles. The van der Waals surface area contributed by atoms with Crippen molar-refractivity contribution in [2.24, 2.45) is 0 Å². The van der Waals surface area contributed by atoms with E-state index in [1.807, 2.05) is 18.2 Å². The molecule has 2 aromatic rings. The number of benzene rings is 1. The molecule has 2 rings (SSSR count). The standard InChI is InChI=1S/C11H7Br2NOS/c12-7-1-2-10(13)9(3-7)11(15)4-8-5-14-6-16-8/h1-3,5-6H,4H2. The highest BCUT2D eigenvalue weighted by Gasteiger charge is 2.12. The lowest BCUT2D eigenvalue weighted by molar-refractivity contribution is 0.0993. The van der Waals surface area contributed by atoms with Gasteiger partial charge in [-0.25, -0.2) is 0 Å². The van der Waals surface area contributed by atoms with E-state index in [0.29, 0.717) is 12.0 Å². The third-order valence-electron chi connectivity index (χ3n) is 2.05. The lowest BCUT2D eigenvalue weighted by Crippen LogP contribution is -2.03. The summed E-state index contributed by atoms with van der Waals surface area (Å²) in [5, 5.41) is 0. The van der Waals surface area contributed by atoms with E-state index < -0.39 is 0 Å². The van der Waals surface area contributed by atoms with Crippen molar-refractivity contribution in [1.82, 2.24) is 4.98 Å². The highest BCUT2D eigenvalue weighted by molar-refractivity contribution is 9.11. The zero-order valence-corrected chi connectivity index (χ0v) is 12.1. The second-order valence-electron chi connectivity index (χ2n) is 3.19. The molecule has 0 spiro atoms. The molecule has 0 aliphatic carbocycles. The number of rotatable bonds is 3. The molecule has 0 saturated heterocycles. The van der Waals surface area contributed by atoms with Crippen LogP contribution in [0, 0.1) is 0 Å². The van der Waals surface area contributed by atoms with Gasteiger partial charge in [0.1, 0.15) is 0 Å². The Balaban J connectivity index is 2.24. The average Bonchev–Trinajstić information content (AvgIpc) is 2.74. The molecule has 0 aliphatic heterocycles. The lowest BCUT2D eigenvalue weighted by atomic mass is 10.1. The summed E-state index contributed by atoms with van der Waals surface area (Å²) in [4.78, 5) is 17.0. The smallest absolute Gasteiger partial charge is 0.169 e. The van der Waals surface area contributed by atoms with Crippen LogP contribution in [0.3, 0.4) is 0 Å². The first kappa shape index (κ1) is 12.0. The van der Waals surface area contributed by atoms with Gasteiger partial charge in [0.05, 0.1) is 5.51 Å². The van der Waals surface area contributed by atoms with Gasteiger partial charge in [-0.3, -0.25) is 9.78 Å². The Morgan fingerprint density at radius 3 is 2.88 bits per heavy atom. The third-order valence-corrected chi connectivity index (χ3v) is 4.01. The Bertz CT molecular complexity index is 511. The minimum absolute atomic E-state index is 0.0948. The van der Waals surface area contributed by atoms with Crippen LogP contribution in [0.1, 0.15) is 15.2 Å². The van der Waals surface area contributed by atoms with Crippen molar-refractivity contribution >= 4 is 49.0 Å². The van der Waals surface area contributed by atoms with Crippen LogP contribution < -0.4 is 0 Å². The van der Waals surface area contributed by atoms with Gasteiger partial charge in [0.2, 0.25) is 0 Å². The van der Waals surface area contributed by atoms with Crippen molar-refractivity contribution in [3.63, 3.8) is 0 Å². The summed E-state index contributed by atoms with van der Waals surface area (Å²) in [7, 11) is 0. The molecule has 1 aromatic carbocycles. The lowest BCUT2D eigenvalue weighted by Gasteiger charge is -2.03. The third kappa shape index (κ3) is 2.78. The molecule has 0 atom stereocenters. The number of hydrogen-bond donors (Lipinski definition) is 0. The Kier molecular flexibility index (Phi) is 3.89. The van der Waals surface area contributed by atoms with Gasteiger partial charge >= 0.3 is 0 Å². The van der Waals surface area contributed by atoms with Crippen molar-refractivity contribution in [3.8, 4) is 0 Å². The first-order chi connectivity index (χ1) is 7.66. The molecule has 0 saturated carbocycles. The van der Waals surface area contributed by atoms with Crippen LogP contribution in [0.2, 0.25) is 0 Å². The predicted molar refractivity (Wildman–Crippen MR) is 72.0 cm³/mol. The highest BCUT2D eigenvalue weighted by atomic mass is 79.9. The molecule has 0 aliphatic rings. The minimum Gasteiger partial charge on any atom is -0.294 e. The average molecular weight is 361 g/mol. The molecular weight excluding hydrogens is 354 g/mol. The molecule has 0 amide bonds. The highest BCUT2D eigenvalue weighted by Crippen LogP contribution is 2.23. The van der Waals surface area contributed by atoms with Crippen LogP contribution in [0.15, 0.2) is 38.9 Å². The monoisotopic (exact) mass is 359 g/mol. The quantitative estimate of drug-likeness (QED) is 0.771. The van der Waals surface area contributed by atoms with Crippen LogP contribution in [-0.2, 0) is 6.42 Å². The van der Waals surface area contributed by atoms with E-state index in [0.717, 1.165) is 13.8 Å². The Labute approximate surface area is 114 Å². The van der Waals surface area contributed by atoms with Crippen LogP contribution in [0.5, 0.6) is 0 Å². The van der Waals surface area contributed by atoms with Crippen molar-refractivity contribution in [2.75, 3.05) is 0 Å². The maximum atomic E-state index is 12.0. The summed E-state index contributed by atoms with van der Waals surface area (Å²) in [6, 6.07) is 5.59. The van der Waals surface area contributed by atoms with E-state index >= 15 is 0 Å². The summed E-state index contributed by atoms with van der Waals surface area (Å²) in [6.45, 7) is 0. The van der Waals surface area contributed by atoms with Crippen LogP contribution in [0.25, 0.3) is 0 Å². The molecule has 0 unspecified atom stereocenters. The Morgan fingerprint density at radius 2 is 2.19 bits per heavy atom. The normalized spacial score (nSPS) is 10.4. The van der Waals surface area contributed by atoms with Gasteiger partial charge in [-0.05, 0) is 18.2 Å². The van der Waals surface area contributed by atoms with Gasteiger partial charge in [-0.15, -0.1) is 11.3 Å². The maximum absolute atomic E-state index is 12.0. The fourth-order valence-electron chi connectivity index (χ4n) is 1.29. The largest absolute Gasteiger partial charge is 0.294 e. The van der Waals surface area contributed by atoms with Crippen molar-refractivity contribution < 1.29 is 4.79 Å².